The van der Waals surface area contributed by atoms with Crippen LogP contribution in [0, 0.1) is 29.5 Å². The third kappa shape index (κ3) is 6.87. The highest BCUT2D eigenvalue weighted by molar-refractivity contribution is 5.41. The Kier molecular flexibility index (Phi) is 9.53. The van der Waals surface area contributed by atoms with Crippen LogP contribution >= 0.6 is 0 Å². The van der Waals surface area contributed by atoms with Crippen molar-refractivity contribution in [1.29, 1.82) is 0 Å². The Morgan fingerprint density at radius 1 is 1.11 bits per heavy atom. The third-order valence-electron chi connectivity index (χ3n) is 8.25. The van der Waals surface area contributed by atoms with Crippen LogP contribution in [0.5, 0.6) is 5.75 Å². The van der Waals surface area contributed by atoms with Crippen LogP contribution in [0.4, 0.5) is 13.2 Å². The first kappa shape index (κ1) is 27.5. The van der Waals surface area contributed by atoms with Crippen molar-refractivity contribution in [3.8, 4) is 5.75 Å². The molecule has 0 saturated heterocycles. The van der Waals surface area contributed by atoms with E-state index in [1.165, 1.54) is 6.07 Å². The number of halogens is 3. The Hall–Kier alpha value is -2.53. The molecule has 0 amide bonds. The quantitative estimate of drug-likeness (QED) is 0.252. The number of hydrogen-bond donors (Lipinski definition) is 1. The van der Waals surface area contributed by atoms with Gasteiger partial charge in [0.1, 0.15) is 17.4 Å². The Labute approximate surface area is 219 Å². The van der Waals surface area contributed by atoms with Crippen LogP contribution in [0.15, 0.2) is 78.0 Å². The summed E-state index contributed by atoms with van der Waals surface area (Å²) < 4.78 is 50.3. The van der Waals surface area contributed by atoms with E-state index in [1.54, 1.807) is 19.1 Å². The van der Waals surface area contributed by atoms with Crippen molar-refractivity contribution in [2.45, 2.75) is 70.8 Å². The first-order chi connectivity index (χ1) is 17.9. The molecule has 0 aliphatic heterocycles. The minimum atomic E-state index is -0.677. The molecule has 1 aromatic rings. The van der Waals surface area contributed by atoms with Gasteiger partial charge in [-0.25, -0.2) is 13.2 Å². The first-order valence-corrected chi connectivity index (χ1v) is 13.7. The summed E-state index contributed by atoms with van der Waals surface area (Å²) in [7, 11) is 0. The van der Waals surface area contributed by atoms with E-state index in [0.29, 0.717) is 48.7 Å². The molecule has 0 aromatic heterocycles. The van der Waals surface area contributed by atoms with E-state index >= 15 is 8.78 Å². The molecule has 0 radical (unpaired) electrons. The van der Waals surface area contributed by atoms with E-state index in [1.807, 2.05) is 30.4 Å². The highest BCUT2D eigenvalue weighted by atomic mass is 19.2. The summed E-state index contributed by atoms with van der Waals surface area (Å²) >= 11 is 0. The molecule has 1 aromatic carbocycles. The number of benzene rings is 1. The molecule has 0 heterocycles. The van der Waals surface area contributed by atoms with Crippen molar-refractivity contribution in [2.75, 3.05) is 6.61 Å². The summed E-state index contributed by atoms with van der Waals surface area (Å²) in [6.45, 7) is 5.89. The van der Waals surface area contributed by atoms with Crippen molar-refractivity contribution in [3.63, 3.8) is 0 Å². The van der Waals surface area contributed by atoms with Gasteiger partial charge in [0.15, 0.2) is 5.83 Å². The zero-order chi connectivity index (χ0) is 26.4. The molecule has 1 fully saturated rings. The highest BCUT2D eigenvalue weighted by Gasteiger charge is 2.33. The van der Waals surface area contributed by atoms with E-state index in [-0.39, 0.29) is 17.7 Å². The summed E-state index contributed by atoms with van der Waals surface area (Å²) in [4.78, 5) is 0. The zero-order valence-corrected chi connectivity index (χ0v) is 21.8. The lowest BCUT2D eigenvalue weighted by molar-refractivity contribution is 0.149. The van der Waals surface area contributed by atoms with Crippen LogP contribution < -0.4 is 4.74 Å². The molecule has 1 N–H and O–H groups in total. The molecule has 37 heavy (non-hydrogen) atoms. The average Bonchev–Trinajstić information content (AvgIpc) is 2.90. The summed E-state index contributed by atoms with van der Waals surface area (Å²) in [6, 6.07) is 5.07. The Balaban J connectivity index is 1.27. The minimum Gasteiger partial charge on any atom is -0.493 e. The van der Waals surface area contributed by atoms with Crippen LogP contribution in [0.1, 0.15) is 63.9 Å². The van der Waals surface area contributed by atoms with Crippen LogP contribution in [0.3, 0.4) is 0 Å². The van der Waals surface area contributed by atoms with Crippen LogP contribution in [-0.4, -0.2) is 17.8 Å². The Bertz CT molecular complexity index is 1070. The number of hydrogen-bond acceptors (Lipinski definition) is 2. The summed E-state index contributed by atoms with van der Waals surface area (Å²) in [5, 5.41) is 9.76. The van der Waals surface area contributed by atoms with Crippen LogP contribution in [0.2, 0.25) is 0 Å². The Morgan fingerprint density at radius 2 is 1.89 bits per heavy atom. The van der Waals surface area contributed by atoms with Gasteiger partial charge in [-0.15, -0.1) is 6.58 Å². The second kappa shape index (κ2) is 12.8. The fraction of sp³-hybridized carbons (Fsp3) is 0.500. The molecule has 2 nitrogen and oxygen atoms in total. The summed E-state index contributed by atoms with van der Waals surface area (Å²) in [5.41, 5.74) is 2.03. The number of rotatable bonds is 10. The minimum absolute atomic E-state index is 0.0304. The lowest BCUT2D eigenvalue weighted by atomic mass is 9.74. The van der Waals surface area contributed by atoms with Gasteiger partial charge >= 0.3 is 0 Å². The van der Waals surface area contributed by atoms with Crippen LogP contribution in [0.25, 0.3) is 0 Å². The molecule has 0 bridgehead atoms. The van der Waals surface area contributed by atoms with Gasteiger partial charge in [-0.1, -0.05) is 36.4 Å². The number of aliphatic hydroxyl groups is 1. The number of ether oxygens (including phenoxy) is 1. The van der Waals surface area contributed by atoms with Crippen LogP contribution in [-0.2, 0) is 6.42 Å². The monoisotopic (exact) mass is 512 g/mol. The SMILES string of the molecule is C=CCCOc1ccc(CCC2CCC(C3=CCC(C4=CCC(C(C)O)C=C4)C(F)=C3F)CC2)c(F)c1. The molecular formula is C32H39F3O2. The number of allylic oxidation sites excluding steroid dienone is 7. The summed E-state index contributed by atoms with van der Waals surface area (Å²) in [6.07, 6.45) is 15.8. The van der Waals surface area contributed by atoms with Gasteiger partial charge < -0.3 is 9.84 Å². The van der Waals surface area contributed by atoms with Gasteiger partial charge in [0.2, 0.25) is 0 Å². The van der Waals surface area contributed by atoms with Gasteiger partial charge in [0.05, 0.1) is 12.7 Å². The van der Waals surface area contributed by atoms with Gasteiger partial charge in [-0.2, -0.15) is 0 Å². The molecule has 5 heteroatoms. The second-order valence-electron chi connectivity index (χ2n) is 10.7. The normalized spacial score (nSPS) is 26.9. The predicted octanol–water partition coefficient (Wildman–Crippen LogP) is 8.50. The largest absolute Gasteiger partial charge is 0.493 e. The zero-order valence-electron chi connectivity index (χ0n) is 21.8. The lowest BCUT2D eigenvalue weighted by Gasteiger charge is -2.32. The molecule has 4 rings (SSSR count). The third-order valence-corrected chi connectivity index (χ3v) is 8.25. The van der Waals surface area contributed by atoms with Crippen molar-refractivity contribution in [3.05, 3.63) is 89.3 Å². The average molecular weight is 513 g/mol. The standard InChI is InChI=1S/C32H39F3O2/c1-3-4-19-37-27-16-15-26(30(33)20-27)10-7-22-5-8-24(9-6-22)28-17-18-29(32(35)31(28)34)25-13-11-23(12-14-25)21(2)36/h3,11,13-17,20-24,29,36H,1,4-10,12,18-19H2,2H3. The predicted molar refractivity (Wildman–Crippen MR) is 143 cm³/mol. The molecule has 1 saturated carbocycles. The molecule has 0 spiro atoms. The van der Waals surface area contributed by atoms with Gasteiger partial charge in [-0.3, -0.25) is 0 Å². The molecule has 3 atom stereocenters. The van der Waals surface area contributed by atoms with Gasteiger partial charge in [0.25, 0.3) is 0 Å². The van der Waals surface area contributed by atoms with Crippen molar-refractivity contribution >= 4 is 0 Å². The molecule has 200 valence electrons. The van der Waals surface area contributed by atoms with Crippen molar-refractivity contribution in [1.82, 2.24) is 0 Å². The van der Waals surface area contributed by atoms with E-state index in [9.17, 15) is 9.50 Å². The van der Waals surface area contributed by atoms with Gasteiger partial charge in [-0.05, 0) is 99.3 Å². The van der Waals surface area contributed by atoms with Gasteiger partial charge in [0, 0.05) is 17.9 Å². The highest BCUT2D eigenvalue weighted by Crippen LogP contribution is 2.45. The number of aliphatic hydroxyl groups excluding tert-OH is 1. The van der Waals surface area contributed by atoms with Crippen molar-refractivity contribution in [2.24, 2.45) is 23.7 Å². The lowest BCUT2D eigenvalue weighted by Crippen LogP contribution is -2.21. The number of aryl methyl sites for hydroxylation is 1. The molecule has 3 unspecified atom stereocenters. The topological polar surface area (TPSA) is 29.5 Å². The Morgan fingerprint density at radius 3 is 2.54 bits per heavy atom. The van der Waals surface area contributed by atoms with E-state index in [4.69, 9.17) is 4.74 Å². The maximum atomic E-state index is 15.2. The maximum absolute atomic E-state index is 15.2. The molecule has 3 aliphatic rings. The first-order valence-electron chi connectivity index (χ1n) is 13.7. The fourth-order valence-electron chi connectivity index (χ4n) is 5.83. The molecule has 3 aliphatic carbocycles. The second-order valence-corrected chi connectivity index (χ2v) is 10.7. The van der Waals surface area contributed by atoms with E-state index in [2.05, 4.69) is 6.58 Å². The smallest absolute Gasteiger partial charge is 0.158 e. The van der Waals surface area contributed by atoms with E-state index in [0.717, 1.165) is 44.1 Å². The fourth-order valence-corrected chi connectivity index (χ4v) is 5.83. The van der Waals surface area contributed by atoms with E-state index < -0.39 is 23.7 Å². The maximum Gasteiger partial charge on any atom is 0.158 e. The van der Waals surface area contributed by atoms with Crippen molar-refractivity contribution < 1.29 is 23.0 Å². The molecular weight excluding hydrogens is 473 g/mol. The summed E-state index contributed by atoms with van der Waals surface area (Å²) in [5.74, 6) is -1.06.